The summed E-state index contributed by atoms with van der Waals surface area (Å²) in [5, 5.41) is 0. The Bertz CT molecular complexity index is 844. The second kappa shape index (κ2) is 6.75. The number of nitrogens with one attached hydrogen (secondary N) is 1. The minimum atomic E-state index is -3.67. The van der Waals surface area contributed by atoms with Gasteiger partial charge in [0, 0.05) is 25.2 Å². The van der Waals surface area contributed by atoms with Crippen LogP contribution >= 0.6 is 0 Å². The highest BCUT2D eigenvalue weighted by Crippen LogP contribution is 2.20. The van der Waals surface area contributed by atoms with E-state index in [1.807, 2.05) is 37.3 Å². The van der Waals surface area contributed by atoms with Crippen molar-refractivity contribution < 1.29 is 13.2 Å². The first-order valence-corrected chi connectivity index (χ1v) is 9.39. The molecule has 2 aromatic rings. The lowest BCUT2D eigenvalue weighted by Gasteiger charge is -2.31. The van der Waals surface area contributed by atoms with Crippen LogP contribution in [-0.4, -0.2) is 32.3 Å². The molecule has 0 saturated carbocycles. The quantitative estimate of drug-likeness (QED) is 0.905. The zero-order valence-electron chi connectivity index (χ0n) is 13.5. The highest BCUT2D eigenvalue weighted by atomic mass is 32.2. The smallest absolute Gasteiger partial charge is 0.254 e. The Morgan fingerprint density at radius 2 is 1.83 bits per heavy atom. The second-order valence-electron chi connectivity index (χ2n) is 5.93. The van der Waals surface area contributed by atoms with Crippen molar-refractivity contribution in [3.63, 3.8) is 0 Å². The van der Waals surface area contributed by atoms with Crippen molar-refractivity contribution in [3.8, 4) is 0 Å². The van der Waals surface area contributed by atoms with Gasteiger partial charge in [0.2, 0.25) is 10.0 Å². The van der Waals surface area contributed by atoms with Gasteiger partial charge in [-0.2, -0.15) is 0 Å². The predicted octanol–water partition coefficient (Wildman–Crippen LogP) is 2.32. The van der Waals surface area contributed by atoms with E-state index in [1.165, 1.54) is 12.1 Å². The van der Waals surface area contributed by atoms with Crippen LogP contribution in [0.5, 0.6) is 0 Å². The number of sulfonamides is 1. The molecule has 1 N–H and O–H groups in total. The third-order valence-corrected chi connectivity index (χ3v) is 5.60. The summed E-state index contributed by atoms with van der Waals surface area (Å²) in [4.78, 5) is 14.3. The molecule has 6 heteroatoms. The third kappa shape index (κ3) is 3.49. The van der Waals surface area contributed by atoms with E-state index < -0.39 is 10.0 Å². The average molecular weight is 344 g/mol. The van der Waals surface area contributed by atoms with Crippen LogP contribution in [0, 0.1) is 6.92 Å². The SMILES string of the molecule is Cc1ccc(S(=O)(=O)NCc2ccccc2)cc1C(=O)N1CCC1. The fourth-order valence-corrected chi connectivity index (χ4v) is 3.59. The van der Waals surface area contributed by atoms with Crippen LogP contribution in [0.15, 0.2) is 53.4 Å². The lowest BCUT2D eigenvalue weighted by molar-refractivity contribution is 0.0651. The number of amides is 1. The molecule has 2 aromatic carbocycles. The Hall–Kier alpha value is -2.18. The maximum atomic E-state index is 12.5. The Balaban J connectivity index is 1.81. The summed E-state index contributed by atoms with van der Waals surface area (Å²) in [6.45, 7) is 3.51. The molecule has 0 aliphatic carbocycles. The Morgan fingerprint density at radius 3 is 2.46 bits per heavy atom. The highest BCUT2D eigenvalue weighted by Gasteiger charge is 2.24. The van der Waals surface area contributed by atoms with Gasteiger partial charge >= 0.3 is 0 Å². The molecule has 1 heterocycles. The van der Waals surface area contributed by atoms with E-state index >= 15 is 0 Å². The van der Waals surface area contributed by atoms with Crippen molar-refractivity contribution in [2.24, 2.45) is 0 Å². The number of carbonyl (C=O) groups is 1. The molecule has 3 rings (SSSR count). The molecular formula is C18H20N2O3S. The van der Waals surface area contributed by atoms with Crippen LogP contribution in [0.4, 0.5) is 0 Å². The maximum absolute atomic E-state index is 12.5. The summed E-state index contributed by atoms with van der Waals surface area (Å²) >= 11 is 0. The summed E-state index contributed by atoms with van der Waals surface area (Å²) in [6, 6.07) is 14.0. The summed E-state index contributed by atoms with van der Waals surface area (Å²) in [5.74, 6) is -0.0983. The first-order valence-electron chi connectivity index (χ1n) is 7.91. The van der Waals surface area contributed by atoms with Crippen LogP contribution in [-0.2, 0) is 16.6 Å². The number of hydrogen-bond donors (Lipinski definition) is 1. The minimum absolute atomic E-state index is 0.0983. The average Bonchev–Trinajstić information content (AvgIpc) is 2.52. The van der Waals surface area contributed by atoms with Gasteiger partial charge in [0.1, 0.15) is 0 Å². The Kier molecular flexibility index (Phi) is 4.69. The van der Waals surface area contributed by atoms with Gasteiger partial charge < -0.3 is 4.90 Å². The minimum Gasteiger partial charge on any atom is -0.339 e. The zero-order valence-corrected chi connectivity index (χ0v) is 14.3. The van der Waals surface area contributed by atoms with Gasteiger partial charge in [-0.3, -0.25) is 4.79 Å². The highest BCUT2D eigenvalue weighted by molar-refractivity contribution is 7.89. The summed E-state index contributed by atoms with van der Waals surface area (Å²) in [5.41, 5.74) is 2.12. The Morgan fingerprint density at radius 1 is 1.12 bits per heavy atom. The number of hydrogen-bond acceptors (Lipinski definition) is 3. The van der Waals surface area contributed by atoms with Crippen LogP contribution < -0.4 is 4.72 Å². The van der Waals surface area contributed by atoms with E-state index in [1.54, 1.807) is 11.0 Å². The molecule has 24 heavy (non-hydrogen) atoms. The number of rotatable bonds is 5. The normalized spacial score (nSPS) is 14.3. The van der Waals surface area contributed by atoms with E-state index in [2.05, 4.69) is 4.72 Å². The predicted molar refractivity (Wildman–Crippen MR) is 92.2 cm³/mol. The van der Waals surface area contributed by atoms with E-state index in [9.17, 15) is 13.2 Å². The van der Waals surface area contributed by atoms with Crippen molar-refractivity contribution in [1.29, 1.82) is 0 Å². The fourth-order valence-electron chi connectivity index (χ4n) is 2.55. The van der Waals surface area contributed by atoms with Crippen LogP contribution in [0.2, 0.25) is 0 Å². The zero-order chi connectivity index (χ0) is 17.2. The number of likely N-dealkylation sites (tertiary alicyclic amines) is 1. The number of aryl methyl sites for hydroxylation is 1. The van der Waals surface area contributed by atoms with Gasteiger partial charge in [0.25, 0.3) is 5.91 Å². The van der Waals surface area contributed by atoms with Crippen molar-refractivity contribution >= 4 is 15.9 Å². The largest absolute Gasteiger partial charge is 0.339 e. The lowest BCUT2D eigenvalue weighted by Crippen LogP contribution is -2.42. The van der Waals surface area contributed by atoms with Crippen LogP contribution in [0.1, 0.15) is 27.9 Å². The summed E-state index contributed by atoms with van der Waals surface area (Å²) < 4.78 is 27.6. The first kappa shape index (κ1) is 16.7. The second-order valence-corrected chi connectivity index (χ2v) is 7.70. The molecule has 0 aromatic heterocycles. The topological polar surface area (TPSA) is 66.5 Å². The molecule has 0 radical (unpaired) electrons. The van der Waals surface area contributed by atoms with E-state index in [0.29, 0.717) is 5.56 Å². The third-order valence-electron chi connectivity index (χ3n) is 4.20. The number of nitrogens with zero attached hydrogens (tertiary/aromatic N) is 1. The molecule has 1 aliphatic rings. The Labute approximate surface area is 142 Å². The summed E-state index contributed by atoms with van der Waals surface area (Å²) in [7, 11) is -3.67. The molecule has 1 aliphatic heterocycles. The molecule has 0 atom stereocenters. The van der Waals surface area contributed by atoms with Gasteiger partial charge in [0.05, 0.1) is 4.90 Å². The molecule has 5 nitrogen and oxygen atoms in total. The lowest BCUT2D eigenvalue weighted by atomic mass is 10.1. The van der Waals surface area contributed by atoms with Crippen LogP contribution in [0.25, 0.3) is 0 Å². The monoisotopic (exact) mass is 344 g/mol. The fraction of sp³-hybridized carbons (Fsp3) is 0.278. The summed E-state index contributed by atoms with van der Waals surface area (Å²) in [6.07, 6.45) is 1.00. The molecule has 0 spiro atoms. The first-order chi connectivity index (χ1) is 11.5. The molecule has 1 fully saturated rings. The molecular weight excluding hydrogens is 324 g/mol. The van der Waals surface area contributed by atoms with Gasteiger partial charge in [-0.1, -0.05) is 36.4 Å². The van der Waals surface area contributed by atoms with Crippen molar-refractivity contribution in [3.05, 3.63) is 65.2 Å². The number of carbonyl (C=O) groups excluding carboxylic acids is 1. The molecule has 126 valence electrons. The van der Waals surface area contributed by atoms with Gasteiger partial charge in [0.15, 0.2) is 0 Å². The number of benzene rings is 2. The molecule has 1 amide bonds. The van der Waals surface area contributed by atoms with Crippen molar-refractivity contribution in [2.75, 3.05) is 13.1 Å². The molecule has 0 bridgehead atoms. The standard InChI is InChI=1S/C18H20N2O3S/c1-14-8-9-16(12-17(14)18(21)20-10-5-11-20)24(22,23)19-13-15-6-3-2-4-7-15/h2-4,6-9,12,19H,5,10-11,13H2,1H3. The molecule has 0 unspecified atom stereocenters. The van der Waals surface area contributed by atoms with E-state index in [-0.39, 0.29) is 17.3 Å². The van der Waals surface area contributed by atoms with Crippen LogP contribution in [0.3, 0.4) is 0 Å². The van der Waals surface area contributed by atoms with Gasteiger partial charge in [-0.05, 0) is 36.6 Å². The maximum Gasteiger partial charge on any atom is 0.254 e. The van der Waals surface area contributed by atoms with Crippen molar-refractivity contribution in [1.82, 2.24) is 9.62 Å². The molecule has 1 saturated heterocycles. The van der Waals surface area contributed by atoms with Crippen molar-refractivity contribution in [2.45, 2.75) is 24.8 Å². The van der Waals surface area contributed by atoms with E-state index in [4.69, 9.17) is 0 Å². The van der Waals surface area contributed by atoms with Gasteiger partial charge in [-0.25, -0.2) is 13.1 Å². The van der Waals surface area contributed by atoms with E-state index in [0.717, 1.165) is 30.6 Å². The van der Waals surface area contributed by atoms with Gasteiger partial charge in [-0.15, -0.1) is 0 Å².